The van der Waals surface area contributed by atoms with E-state index in [9.17, 15) is 25.2 Å². The molecule has 16 heteroatoms. The molecule has 1 aromatic heterocycles. The van der Waals surface area contributed by atoms with Gasteiger partial charge in [0, 0.05) is 25.6 Å². The van der Waals surface area contributed by atoms with Gasteiger partial charge in [-0.05, 0) is 26.3 Å². The zero-order chi connectivity index (χ0) is 30.6. The summed E-state index contributed by atoms with van der Waals surface area (Å²) < 4.78 is 28.6. The molecule has 2 unspecified atom stereocenters. The van der Waals surface area contributed by atoms with Gasteiger partial charge in [-0.2, -0.15) is 0 Å². The molecular weight excluding hydrogens is 556 g/mol. The minimum atomic E-state index is -1.49. The molecule has 2 rings (SSSR count). The summed E-state index contributed by atoms with van der Waals surface area (Å²) in [6, 6.07) is 0.109. The van der Waals surface area contributed by atoms with Gasteiger partial charge in [0.05, 0.1) is 71.5 Å². The highest BCUT2D eigenvalue weighted by atomic mass is 16.6. The van der Waals surface area contributed by atoms with E-state index in [-0.39, 0.29) is 11.8 Å². The number of nitrogens with zero attached hydrogens (tertiary/aromatic N) is 3. The van der Waals surface area contributed by atoms with Gasteiger partial charge in [0.2, 0.25) is 0 Å². The fourth-order valence-corrected chi connectivity index (χ4v) is 4.13. The Morgan fingerprint density at radius 3 is 2.33 bits per heavy atom. The zero-order valence-corrected chi connectivity index (χ0v) is 24.5. The second-order valence-electron chi connectivity index (χ2n) is 10.1. The monoisotopic (exact) mass is 606 g/mol. The molecule has 1 saturated heterocycles. The average Bonchev–Trinajstić information content (AvgIpc) is 3.45. The lowest BCUT2D eigenvalue weighted by Crippen LogP contribution is -2.56. The van der Waals surface area contributed by atoms with Crippen molar-refractivity contribution in [2.24, 2.45) is 5.73 Å². The summed E-state index contributed by atoms with van der Waals surface area (Å²) in [6.45, 7) is 6.17. The van der Waals surface area contributed by atoms with Gasteiger partial charge < -0.3 is 55.2 Å². The number of hydrogen-bond donors (Lipinski definition) is 7. The second-order valence-corrected chi connectivity index (χ2v) is 10.1. The number of ketones is 1. The lowest BCUT2D eigenvalue weighted by molar-refractivity contribution is -0.254. The van der Waals surface area contributed by atoms with Gasteiger partial charge in [0.15, 0.2) is 6.23 Å². The molecule has 1 aromatic rings. The van der Waals surface area contributed by atoms with E-state index in [0.29, 0.717) is 84.7 Å². The Morgan fingerprint density at radius 1 is 1.02 bits per heavy atom. The van der Waals surface area contributed by atoms with Gasteiger partial charge >= 0.3 is 0 Å². The van der Waals surface area contributed by atoms with E-state index < -0.39 is 37.3 Å². The van der Waals surface area contributed by atoms with E-state index in [1.807, 2.05) is 0 Å². The molecule has 0 aliphatic carbocycles. The Balaban J connectivity index is 1.60. The fourth-order valence-electron chi connectivity index (χ4n) is 4.13. The molecule has 0 bridgehead atoms. The van der Waals surface area contributed by atoms with Crippen molar-refractivity contribution in [2.75, 3.05) is 72.7 Å². The molecule has 2 heterocycles. The van der Waals surface area contributed by atoms with Crippen molar-refractivity contribution in [3.63, 3.8) is 0 Å². The third-order valence-corrected chi connectivity index (χ3v) is 6.57. The Labute approximate surface area is 246 Å². The van der Waals surface area contributed by atoms with Crippen LogP contribution in [-0.2, 0) is 35.0 Å². The number of ether oxygens (including phenoxy) is 5. The Bertz CT molecular complexity index is 835. The van der Waals surface area contributed by atoms with Gasteiger partial charge in [0.1, 0.15) is 30.2 Å². The van der Waals surface area contributed by atoms with Crippen LogP contribution in [0.5, 0.6) is 0 Å². The SMILES string of the molecule is CC(=O)CCOCCOCCOCCOCNCC(CCCCN)NCc1cn(C2O[C@@H](CO)[C@@H](O)[C@@H](O)[C@@H]2O)nn1. The predicted octanol–water partition coefficient (Wildman–Crippen LogP) is -2.57. The number of hydrogen-bond acceptors (Lipinski definition) is 15. The van der Waals surface area contributed by atoms with Crippen LogP contribution in [0.4, 0.5) is 0 Å². The Morgan fingerprint density at radius 2 is 1.69 bits per heavy atom. The van der Waals surface area contributed by atoms with Crippen molar-refractivity contribution in [3.8, 4) is 0 Å². The van der Waals surface area contributed by atoms with E-state index in [2.05, 4.69) is 20.9 Å². The highest BCUT2D eigenvalue weighted by Crippen LogP contribution is 2.27. The number of aliphatic hydroxyl groups is 4. The van der Waals surface area contributed by atoms with Crippen molar-refractivity contribution in [1.82, 2.24) is 25.6 Å². The first kappa shape index (κ1) is 36.5. The van der Waals surface area contributed by atoms with Crippen LogP contribution < -0.4 is 16.4 Å². The zero-order valence-electron chi connectivity index (χ0n) is 24.5. The highest BCUT2D eigenvalue weighted by molar-refractivity contribution is 5.75. The lowest BCUT2D eigenvalue weighted by Gasteiger charge is -2.39. The van der Waals surface area contributed by atoms with Crippen molar-refractivity contribution in [1.29, 1.82) is 0 Å². The molecule has 1 aliphatic rings. The summed E-state index contributed by atoms with van der Waals surface area (Å²) in [5.74, 6) is 0.109. The molecule has 42 heavy (non-hydrogen) atoms. The average molecular weight is 607 g/mol. The molecular formula is C26H50N6O10. The predicted molar refractivity (Wildman–Crippen MR) is 149 cm³/mol. The van der Waals surface area contributed by atoms with E-state index in [4.69, 9.17) is 29.4 Å². The molecule has 244 valence electrons. The van der Waals surface area contributed by atoms with Gasteiger partial charge in [-0.1, -0.05) is 11.6 Å². The van der Waals surface area contributed by atoms with Crippen LogP contribution in [-0.4, -0.2) is 144 Å². The molecule has 0 amide bonds. The minimum absolute atomic E-state index is 0.109. The third-order valence-electron chi connectivity index (χ3n) is 6.57. The Hall–Kier alpha value is -1.67. The molecule has 0 spiro atoms. The minimum Gasteiger partial charge on any atom is -0.394 e. The first-order valence-electron chi connectivity index (χ1n) is 14.5. The van der Waals surface area contributed by atoms with Gasteiger partial charge in [-0.15, -0.1) is 5.10 Å². The molecule has 6 atom stereocenters. The summed E-state index contributed by atoms with van der Waals surface area (Å²) in [6.07, 6.45) is -1.73. The summed E-state index contributed by atoms with van der Waals surface area (Å²) >= 11 is 0. The maximum atomic E-state index is 10.8. The number of aromatic nitrogens is 3. The summed E-state index contributed by atoms with van der Waals surface area (Å²) in [5, 5.41) is 54.6. The standard InChI is InChI=1S/C26H50N6O10/c1-19(34)5-7-38-8-9-39-10-11-40-12-13-41-18-28-14-20(4-2-3-6-27)29-15-21-16-32(31-30-21)26-25(37)24(36)23(35)22(17-33)42-26/h16,20,22-26,28-29,33,35-37H,2-15,17-18,27H2,1H3/t20?,22-,23+,24+,25-,26?/m0/s1. The van der Waals surface area contributed by atoms with Crippen LogP contribution in [0.25, 0.3) is 0 Å². The molecule has 0 radical (unpaired) electrons. The van der Waals surface area contributed by atoms with E-state index in [0.717, 1.165) is 19.3 Å². The smallest absolute Gasteiger partial charge is 0.180 e. The summed E-state index contributed by atoms with van der Waals surface area (Å²) in [5.41, 5.74) is 6.24. The van der Waals surface area contributed by atoms with Crippen LogP contribution in [0.1, 0.15) is 44.5 Å². The number of Topliss-reactive ketones (excluding diaryl/α,β-unsaturated/α-hetero) is 1. The third kappa shape index (κ3) is 14.2. The first-order valence-corrected chi connectivity index (χ1v) is 14.5. The van der Waals surface area contributed by atoms with Crippen LogP contribution >= 0.6 is 0 Å². The molecule has 16 nitrogen and oxygen atoms in total. The van der Waals surface area contributed by atoms with Crippen LogP contribution in [0.3, 0.4) is 0 Å². The van der Waals surface area contributed by atoms with Crippen molar-refractivity contribution < 1.29 is 48.9 Å². The number of nitrogens with one attached hydrogen (secondary N) is 2. The van der Waals surface area contributed by atoms with E-state index >= 15 is 0 Å². The maximum Gasteiger partial charge on any atom is 0.180 e. The number of rotatable bonds is 25. The quantitative estimate of drug-likeness (QED) is 0.0449. The topological polar surface area (TPSA) is 225 Å². The van der Waals surface area contributed by atoms with Crippen molar-refractivity contribution in [2.45, 2.75) is 75.8 Å². The van der Waals surface area contributed by atoms with Crippen LogP contribution in [0.2, 0.25) is 0 Å². The van der Waals surface area contributed by atoms with Crippen molar-refractivity contribution >= 4 is 5.78 Å². The largest absolute Gasteiger partial charge is 0.394 e. The molecule has 8 N–H and O–H groups in total. The normalized spacial score (nSPS) is 23.3. The number of nitrogens with two attached hydrogens (primary N) is 1. The molecule has 1 aliphatic heterocycles. The fraction of sp³-hybridized carbons (Fsp3) is 0.885. The van der Waals surface area contributed by atoms with E-state index in [1.54, 1.807) is 6.20 Å². The van der Waals surface area contributed by atoms with Crippen LogP contribution in [0, 0.1) is 0 Å². The van der Waals surface area contributed by atoms with Gasteiger partial charge in [-0.25, -0.2) is 4.68 Å². The number of unbranched alkanes of at least 4 members (excludes halogenated alkanes) is 1. The number of aliphatic hydroxyl groups excluding tert-OH is 4. The number of carbonyl (C=O) groups is 1. The summed E-state index contributed by atoms with van der Waals surface area (Å²) in [7, 11) is 0. The highest BCUT2D eigenvalue weighted by Gasteiger charge is 2.44. The summed E-state index contributed by atoms with van der Waals surface area (Å²) in [4.78, 5) is 10.8. The second kappa shape index (κ2) is 21.9. The van der Waals surface area contributed by atoms with Gasteiger partial charge in [-0.3, -0.25) is 10.1 Å². The maximum absolute atomic E-state index is 10.8. The molecule has 1 fully saturated rings. The molecule has 0 aromatic carbocycles. The Kier molecular flexibility index (Phi) is 19.1. The first-order chi connectivity index (χ1) is 20.4. The molecule has 0 saturated carbocycles. The van der Waals surface area contributed by atoms with E-state index in [1.165, 1.54) is 11.6 Å². The lowest BCUT2D eigenvalue weighted by atomic mass is 9.98. The number of carbonyl (C=O) groups excluding carboxylic acids is 1. The van der Waals surface area contributed by atoms with Gasteiger partial charge in [0.25, 0.3) is 0 Å². The van der Waals surface area contributed by atoms with Crippen LogP contribution in [0.15, 0.2) is 6.20 Å². The van der Waals surface area contributed by atoms with Crippen molar-refractivity contribution in [3.05, 3.63) is 11.9 Å².